The second kappa shape index (κ2) is 10.2. The highest BCUT2D eigenvalue weighted by molar-refractivity contribution is 7.89. The van der Waals surface area contributed by atoms with Crippen molar-refractivity contribution in [3.63, 3.8) is 0 Å². The summed E-state index contributed by atoms with van der Waals surface area (Å²) >= 11 is 0. The first-order valence-corrected chi connectivity index (χ1v) is 11.2. The molecule has 1 saturated carbocycles. The van der Waals surface area contributed by atoms with Crippen molar-refractivity contribution in [3.05, 3.63) is 29.3 Å². The SMILES string of the molecule is Cc1ccc(C)c(S(=O)(=O)NCCC(=O)NCCOC2CCCCC2C)c1. The zero-order valence-corrected chi connectivity index (χ0v) is 17.4. The summed E-state index contributed by atoms with van der Waals surface area (Å²) in [6.07, 6.45) is 5.18. The summed E-state index contributed by atoms with van der Waals surface area (Å²) in [6, 6.07) is 5.29. The van der Waals surface area contributed by atoms with E-state index in [1.807, 2.05) is 13.0 Å². The maximum Gasteiger partial charge on any atom is 0.240 e. The van der Waals surface area contributed by atoms with Gasteiger partial charge in [-0.05, 0) is 49.8 Å². The van der Waals surface area contributed by atoms with Crippen molar-refractivity contribution >= 4 is 15.9 Å². The van der Waals surface area contributed by atoms with Gasteiger partial charge in [-0.25, -0.2) is 13.1 Å². The number of nitrogens with one attached hydrogen (secondary N) is 2. The maximum atomic E-state index is 12.4. The Labute approximate surface area is 163 Å². The zero-order valence-electron chi connectivity index (χ0n) is 16.6. The van der Waals surface area contributed by atoms with Crippen LogP contribution in [0.25, 0.3) is 0 Å². The van der Waals surface area contributed by atoms with Crippen LogP contribution in [-0.4, -0.2) is 40.1 Å². The van der Waals surface area contributed by atoms with E-state index in [0.29, 0.717) is 30.7 Å². The van der Waals surface area contributed by atoms with Crippen LogP contribution in [0.1, 0.15) is 50.2 Å². The molecule has 152 valence electrons. The van der Waals surface area contributed by atoms with E-state index in [0.717, 1.165) is 12.0 Å². The van der Waals surface area contributed by atoms with Crippen LogP contribution in [0.3, 0.4) is 0 Å². The van der Waals surface area contributed by atoms with E-state index in [1.54, 1.807) is 19.1 Å². The van der Waals surface area contributed by atoms with Gasteiger partial charge < -0.3 is 10.1 Å². The number of rotatable bonds is 9. The molecule has 1 aliphatic carbocycles. The molecular formula is C20H32N2O4S. The molecule has 1 aromatic carbocycles. The number of amides is 1. The van der Waals surface area contributed by atoms with Crippen LogP contribution < -0.4 is 10.0 Å². The summed E-state index contributed by atoms with van der Waals surface area (Å²) in [4.78, 5) is 12.2. The number of carbonyl (C=O) groups excluding carboxylic acids is 1. The van der Waals surface area contributed by atoms with Crippen LogP contribution in [0.15, 0.2) is 23.1 Å². The van der Waals surface area contributed by atoms with Crippen LogP contribution in [0, 0.1) is 19.8 Å². The molecule has 0 aromatic heterocycles. The van der Waals surface area contributed by atoms with E-state index < -0.39 is 10.0 Å². The van der Waals surface area contributed by atoms with Gasteiger partial charge in [0.15, 0.2) is 0 Å². The molecule has 0 radical (unpaired) electrons. The largest absolute Gasteiger partial charge is 0.376 e. The molecule has 1 fully saturated rings. The summed E-state index contributed by atoms with van der Waals surface area (Å²) in [5.41, 5.74) is 1.57. The second-order valence-corrected chi connectivity index (χ2v) is 9.17. The molecule has 2 atom stereocenters. The molecule has 7 heteroatoms. The third kappa shape index (κ3) is 6.90. The molecule has 0 bridgehead atoms. The molecular weight excluding hydrogens is 364 g/mol. The van der Waals surface area contributed by atoms with E-state index in [4.69, 9.17) is 4.74 Å². The molecule has 0 aliphatic heterocycles. The first-order chi connectivity index (χ1) is 12.8. The number of aryl methyl sites for hydroxylation is 2. The van der Waals surface area contributed by atoms with Gasteiger partial charge in [-0.15, -0.1) is 0 Å². The number of ether oxygens (including phenoxy) is 1. The third-order valence-corrected chi connectivity index (χ3v) is 6.67. The Balaban J connectivity index is 1.67. The fourth-order valence-electron chi connectivity index (χ4n) is 3.39. The van der Waals surface area contributed by atoms with Gasteiger partial charge in [0.1, 0.15) is 0 Å². The maximum absolute atomic E-state index is 12.4. The molecule has 0 spiro atoms. The minimum absolute atomic E-state index is 0.0715. The van der Waals surface area contributed by atoms with Crippen molar-refractivity contribution in [2.75, 3.05) is 19.7 Å². The summed E-state index contributed by atoms with van der Waals surface area (Å²) in [6.45, 7) is 6.84. The lowest BCUT2D eigenvalue weighted by molar-refractivity contribution is -0.121. The first kappa shape index (κ1) is 21.9. The Kier molecular flexibility index (Phi) is 8.26. The Bertz CT molecular complexity index is 733. The lowest BCUT2D eigenvalue weighted by atomic mass is 9.88. The van der Waals surface area contributed by atoms with Gasteiger partial charge in [0.25, 0.3) is 0 Å². The Hall–Kier alpha value is -1.44. The smallest absolute Gasteiger partial charge is 0.240 e. The van der Waals surface area contributed by atoms with E-state index in [-0.39, 0.29) is 23.8 Å². The van der Waals surface area contributed by atoms with Crippen molar-refractivity contribution in [1.82, 2.24) is 10.0 Å². The summed E-state index contributed by atoms with van der Waals surface area (Å²) in [7, 11) is -3.61. The van der Waals surface area contributed by atoms with Gasteiger partial charge in [0, 0.05) is 19.5 Å². The number of benzene rings is 1. The van der Waals surface area contributed by atoms with Crippen LogP contribution in [0.2, 0.25) is 0 Å². The van der Waals surface area contributed by atoms with E-state index in [2.05, 4.69) is 17.0 Å². The van der Waals surface area contributed by atoms with E-state index in [9.17, 15) is 13.2 Å². The minimum atomic E-state index is -3.61. The summed E-state index contributed by atoms with van der Waals surface area (Å²) in [5.74, 6) is 0.396. The molecule has 6 nitrogen and oxygen atoms in total. The van der Waals surface area contributed by atoms with Gasteiger partial charge in [0.05, 0.1) is 17.6 Å². The molecule has 2 N–H and O–H groups in total. The zero-order chi connectivity index (χ0) is 19.9. The van der Waals surface area contributed by atoms with Crippen molar-refractivity contribution in [1.29, 1.82) is 0 Å². The molecule has 1 amide bonds. The monoisotopic (exact) mass is 396 g/mol. The second-order valence-electron chi connectivity index (χ2n) is 7.44. The predicted molar refractivity (Wildman–Crippen MR) is 106 cm³/mol. The topological polar surface area (TPSA) is 84.5 Å². The highest BCUT2D eigenvalue weighted by atomic mass is 32.2. The average molecular weight is 397 g/mol. The molecule has 1 aliphatic rings. The normalized spacial score (nSPS) is 20.4. The van der Waals surface area contributed by atoms with Gasteiger partial charge in [-0.3, -0.25) is 4.79 Å². The third-order valence-electron chi connectivity index (χ3n) is 5.07. The molecule has 0 heterocycles. The fraction of sp³-hybridized carbons (Fsp3) is 0.650. The number of hydrogen-bond donors (Lipinski definition) is 2. The van der Waals surface area contributed by atoms with Gasteiger partial charge in [0.2, 0.25) is 15.9 Å². The number of carbonyl (C=O) groups is 1. The van der Waals surface area contributed by atoms with Gasteiger partial charge >= 0.3 is 0 Å². The average Bonchev–Trinajstić information content (AvgIpc) is 2.62. The van der Waals surface area contributed by atoms with Crippen LogP contribution in [0.5, 0.6) is 0 Å². The predicted octanol–water partition coefficient (Wildman–Crippen LogP) is 2.68. The first-order valence-electron chi connectivity index (χ1n) is 9.75. The van der Waals surface area contributed by atoms with Crippen molar-refractivity contribution < 1.29 is 17.9 Å². The quantitative estimate of drug-likeness (QED) is 0.629. The number of sulfonamides is 1. The molecule has 0 saturated heterocycles. The lowest BCUT2D eigenvalue weighted by Crippen LogP contribution is -2.34. The number of hydrogen-bond acceptors (Lipinski definition) is 4. The van der Waals surface area contributed by atoms with Crippen LogP contribution >= 0.6 is 0 Å². The molecule has 27 heavy (non-hydrogen) atoms. The molecule has 1 aromatic rings. The Morgan fingerprint density at radius 1 is 1.19 bits per heavy atom. The lowest BCUT2D eigenvalue weighted by Gasteiger charge is -2.28. The Morgan fingerprint density at radius 3 is 2.67 bits per heavy atom. The molecule has 2 unspecified atom stereocenters. The van der Waals surface area contributed by atoms with Crippen molar-refractivity contribution in [2.45, 2.75) is 63.9 Å². The van der Waals surface area contributed by atoms with Gasteiger partial charge in [-0.2, -0.15) is 0 Å². The highest BCUT2D eigenvalue weighted by Crippen LogP contribution is 2.26. The standard InChI is InChI=1S/C20H32N2O4S/c1-15-8-9-17(3)19(14-15)27(24,25)22-11-10-20(23)21-12-13-26-18-7-5-4-6-16(18)2/h8-9,14,16,18,22H,4-7,10-13H2,1-3H3,(H,21,23). The summed E-state index contributed by atoms with van der Waals surface area (Å²) in [5, 5.41) is 2.78. The van der Waals surface area contributed by atoms with Crippen LogP contribution in [0.4, 0.5) is 0 Å². The van der Waals surface area contributed by atoms with E-state index in [1.165, 1.54) is 19.3 Å². The summed E-state index contributed by atoms with van der Waals surface area (Å²) < 4.78 is 33.1. The van der Waals surface area contributed by atoms with Gasteiger partial charge in [-0.1, -0.05) is 31.9 Å². The Morgan fingerprint density at radius 2 is 1.93 bits per heavy atom. The van der Waals surface area contributed by atoms with Crippen LogP contribution in [-0.2, 0) is 19.6 Å². The fourth-order valence-corrected chi connectivity index (χ4v) is 4.75. The highest BCUT2D eigenvalue weighted by Gasteiger charge is 2.21. The van der Waals surface area contributed by atoms with E-state index >= 15 is 0 Å². The van der Waals surface area contributed by atoms with Crippen molar-refractivity contribution in [2.24, 2.45) is 5.92 Å². The minimum Gasteiger partial charge on any atom is -0.376 e. The van der Waals surface area contributed by atoms with Crippen molar-refractivity contribution in [3.8, 4) is 0 Å². The molecule has 2 rings (SSSR count).